The highest BCUT2D eigenvalue weighted by Crippen LogP contribution is 2.37. The number of benzene rings is 1. The Kier molecular flexibility index (Phi) is 2.77. The number of phenolic OH excluding ortho intramolecular Hbond substituents is 2. The molecule has 0 amide bonds. The van der Waals surface area contributed by atoms with Gasteiger partial charge in [0.15, 0.2) is 11.5 Å². The number of hydrogen-bond donors (Lipinski definition) is 3. The van der Waals surface area contributed by atoms with E-state index in [-0.39, 0.29) is 10.0 Å². The van der Waals surface area contributed by atoms with E-state index in [1.165, 1.54) is 6.07 Å². The first kappa shape index (κ1) is 10.3. The zero-order chi connectivity index (χ0) is 10.2. The van der Waals surface area contributed by atoms with Crippen LogP contribution in [0.25, 0.3) is 0 Å². The smallest absolute Gasteiger partial charge is 0.207 e. The Morgan fingerprint density at radius 1 is 1.46 bits per heavy atom. The average Bonchev–Trinajstić information content (AvgIpc) is 2.07. The molecule has 72 valence electrons. The summed E-state index contributed by atoms with van der Waals surface area (Å²) in [5.74, 6) is -2.26. The van der Waals surface area contributed by atoms with Crippen molar-refractivity contribution in [3.63, 3.8) is 0 Å². The Morgan fingerprint density at radius 3 is 2.46 bits per heavy atom. The largest absolute Gasteiger partial charge is 0.504 e. The van der Waals surface area contributed by atoms with Gasteiger partial charge in [-0.15, -0.1) is 0 Å². The summed E-state index contributed by atoms with van der Waals surface area (Å²) in [6.45, 7) is 1.61. The molecule has 4 N–H and O–H groups in total. The molecule has 0 saturated heterocycles. The summed E-state index contributed by atoms with van der Waals surface area (Å²) < 4.78 is 13.2. The molecule has 0 saturated carbocycles. The molecule has 0 heterocycles. The van der Waals surface area contributed by atoms with Gasteiger partial charge in [-0.3, -0.25) is 0 Å². The van der Waals surface area contributed by atoms with E-state index in [2.05, 4.69) is 15.9 Å². The highest BCUT2D eigenvalue weighted by molar-refractivity contribution is 9.10. The summed E-state index contributed by atoms with van der Waals surface area (Å²) in [6, 6.07) is 0.893. The van der Waals surface area contributed by atoms with E-state index in [1.54, 1.807) is 6.92 Å². The van der Waals surface area contributed by atoms with Crippen LogP contribution in [0.15, 0.2) is 10.5 Å². The molecule has 1 rings (SSSR count). The molecule has 0 aliphatic rings. The third-order valence-electron chi connectivity index (χ3n) is 1.69. The lowest BCUT2D eigenvalue weighted by Gasteiger charge is -2.10. The summed E-state index contributed by atoms with van der Waals surface area (Å²) in [5.41, 5.74) is 5.73. The molecule has 0 aromatic heterocycles. The lowest BCUT2D eigenvalue weighted by atomic mass is 10.1. The summed E-state index contributed by atoms with van der Waals surface area (Å²) >= 11 is 2.94. The zero-order valence-electron chi connectivity index (χ0n) is 6.88. The predicted molar refractivity (Wildman–Crippen MR) is 50.0 cm³/mol. The quantitative estimate of drug-likeness (QED) is 0.714. The molecule has 13 heavy (non-hydrogen) atoms. The molecule has 1 aromatic rings. The second-order valence-corrected chi connectivity index (χ2v) is 3.60. The van der Waals surface area contributed by atoms with Gasteiger partial charge in [0.2, 0.25) is 5.82 Å². The fourth-order valence-corrected chi connectivity index (χ4v) is 1.38. The zero-order valence-corrected chi connectivity index (χ0v) is 8.47. The van der Waals surface area contributed by atoms with Crippen molar-refractivity contribution in [3.8, 4) is 11.5 Å². The Hall–Kier alpha value is -0.810. The van der Waals surface area contributed by atoms with Crippen molar-refractivity contribution in [2.45, 2.75) is 13.0 Å². The maximum absolute atomic E-state index is 13.0. The van der Waals surface area contributed by atoms with E-state index in [0.717, 1.165) is 0 Å². The van der Waals surface area contributed by atoms with E-state index in [9.17, 15) is 9.50 Å². The summed E-state index contributed by atoms with van der Waals surface area (Å²) in [6.07, 6.45) is 0. The topological polar surface area (TPSA) is 66.5 Å². The maximum atomic E-state index is 13.0. The van der Waals surface area contributed by atoms with Crippen LogP contribution in [0.4, 0.5) is 4.39 Å². The minimum absolute atomic E-state index is 0.176. The molecule has 1 unspecified atom stereocenters. The fraction of sp³-hybridized carbons (Fsp3) is 0.250. The SMILES string of the molecule is CC(N)c1cc(Br)c(O)c(F)c1O. The van der Waals surface area contributed by atoms with Crippen molar-refractivity contribution in [1.82, 2.24) is 0 Å². The summed E-state index contributed by atoms with van der Waals surface area (Å²) in [4.78, 5) is 0. The minimum Gasteiger partial charge on any atom is -0.504 e. The monoisotopic (exact) mass is 249 g/mol. The Labute approximate surface area is 83.1 Å². The fourth-order valence-electron chi connectivity index (χ4n) is 0.964. The van der Waals surface area contributed by atoms with Crippen LogP contribution in [-0.4, -0.2) is 10.2 Å². The first-order valence-electron chi connectivity index (χ1n) is 3.60. The second-order valence-electron chi connectivity index (χ2n) is 2.75. The van der Waals surface area contributed by atoms with E-state index in [4.69, 9.17) is 10.8 Å². The summed E-state index contributed by atoms with van der Waals surface area (Å²) in [5, 5.41) is 18.3. The molecule has 0 aliphatic carbocycles. The number of phenols is 2. The van der Waals surface area contributed by atoms with Crippen molar-refractivity contribution in [2.24, 2.45) is 5.73 Å². The highest BCUT2D eigenvalue weighted by atomic mass is 79.9. The van der Waals surface area contributed by atoms with Gasteiger partial charge in [-0.2, -0.15) is 4.39 Å². The van der Waals surface area contributed by atoms with Gasteiger partial charge in [-0.1, -0.05) is 0 Å². The maximum Gasteiger partial charge on any atom is 0.207 e. The average molecular weight is 250 g/mol. The lowest BCUT2D eigenvalue weighted by Crippen LogP contribution is -2.06. The van der Waals surface area contributed by atoms with Crippen molar-refractivity contribution in [2.75, 3.05) is 0 Å². The molecule has 5 heteroatoms. The van der Waals surface area contributed by atoms with Gasteiger partial charge in [0.25, 0.3) is 0 Å². The Balaban J connectivity index is 3.41. The molecule has 0 fully saturated rings. The van der Waals surface area contributed by atoms with Crippen LogP contribution in [0.2, 0.25) is 0 Å². The van der Waals surface area contributed by atoms with Crippen LogP contribution in [-0.2, 0) is 0 Å². The van der Waals surface area contributed by atoms with Gasteiger partial charge in [0.1, 0.15) is 0 Å². The third-order valence-corrected chi connectivity index (χ3v) is 2.29. The molecular weight excluding hydrogens is 241 g/mol. The normalized spacial score (nSPS) is 12.9. The first-order chi connectivity index (χ1) is 5.95. The number of aromatic hydroxyl groups is 2. The van der Waals surface area contributed by atoms with Crippen molar-refractivity contribution >= 4 is 15.9 Å². The van der Waals surface area contributed by atoms with Crippen molar-refractivity contribution in [3.05, 3.63) is 21.9 Å². The second kappa shape index (κ2) is 3.51. The Bertz CT molecular complexity index is 341. The number of rotatable bonds is 1. The van der Waals surface area contributed by atoms with Crippen LogP contribution < -0.4 is 5.73 Å². The third kappa shape index (κ3) is 1.76. The number of nitrogens with two attached hydrogens (primary N) is 1. The minimum atomic E-state index is -1.05. The number of halogens is 2. The van der Waals surface area contributed by atoms with Crippen LogP contribution in [0.3, 0.4) is 0 Å². The highest BCUT2D eigenvalue weighted by Gasteiger charge is 2.17. The molecule has 0 aliphatic heterocycles. The predicted octanol–water partition coefficient (Wildman–Crippen LogP) is 2.02. The molecular formula is C8H9BrFNO2. The van der Waals surface area contributed by atoms with Gasteiger partial charge < -0.3 is 15.9 Å². The van der Waals surface area contributed by atoms with E-state index < -0.39 is 23.4 Å². The van der Waals surface area contributed by atoms with Gasteiger partial charge in [-0.05, 0) is 28.9 Å². The van der Waals surface area contributed by atoms with Crippen LogP contribution >= 0.6 is 15.9 Å². The van der Waals surface area contributed by atoms with Crippen LogP contribution in [0.5, 0.6) is 11.5 Å². The van der Waals surface area contributed by atoms with E-state index in [1.807, 2.05) is 0 Å². The van der Waals surface area contributed by atoms with Gasteiger partial charge in [0, 0.05) is 11.6 Å². The van der Waals surface area contributed by atoms with Gasteiger partial charge in [-0.25, -0.2) is 0 Å². The molecule has 0 bridgehead atoms. The van der Waals surface area contributed by atoms with Crippen molar-refractivity contribution in [1.29, 1.82) is 0 Å². The van der Waals surface area contributed by atoms with Crippen LogP contribution in [0.1, 0.15) is 18.5 Å². The summed E-state index contributed by atoms with van der Waals surface area (Å²) in [7, 11) is 0. The molecule has 0 spiro atoms. The van der Waals surface area contributed by atoms with E-state index in [0.29, 0.717) is 0 Å². The van der Waals surface area contributed by atoms with Crippen molar-refractivity contribution < 1.29 is 14.6 Å². The van der Waals surface area contributed by atoms with Crippen LogP contribution in [0, 0.1) is 5.82 Å². The molecule has 3 nitrogen and oxygen atoms in total. The molecule has 0 radical (unpaired) electrons. The molecule has 1 aromatic carbocycles. The Morgan fingerprint density at radius 2 is 2.00 bits per heavy atom. The standard InChI is InChI=1S/C8H9BrFNO2/c1-3(11)4-2-5(9)8(13)6(10)7(4)12/h2-3,12-13H,11H2,1H3. The van der Waals surface area contributed by atoms with E-state index >= 15 is 0 Å². The molecule has 1 atom stereocenters. The van der Waals surface area contributed by atoms with Gasteiger partial charge in [0.05, 0.1) is 4.47 Å². The first-order valence-corrected chi connectivity index (χ1v) is 4.39. The van der Waals surface area contributed by atoms with Gasteiger partial charge >= 0.3 is 0 Å². The lowest BCUT2D eigenvalue weighted by molar-refractivity contribution is 0.381. The number of hydrogen-bond acceptors (Lipinski definition) is 3.